The van der Waals surface area contributed by atoms with Crippen LogP contribution in [-0.4, -0.2) is 14.5 Å². The summed E-state index contributed by atoms with van der Waals surface area (Å²) in [4.78, 5) is 0. The lowest BCUT2D eigenvalue weighted by Gasteiger charge is -2.41. The van der Waals surface area contributed by atoms with Gasteiger partial charge in [0, 0.05) is 0 Å². The molecule has 0 bridgehead atoms. The molecule has 19 heavy (non-hydrogen) atoms. The van der Waals surface area contributed by atoms with E-state index in [0.717, 1.165) is 5.56 Å². The molecule has 1 aromatic rings. The fourth-order valence-electron chi connectivity index (χ4n) is 3.15. The van der Waals surface area contributed by atoms with Crippen molar-refractivity contribution in [2.75, 3.05) is 0 Å². The summed E-state index contributed by atoms with van der Waals surface area (Å²) in [7, 11) is -1.63. The van der Waals surface area contributed by atoms with E-state index in [-0.39, 0.29) is 0 Å². The third-order valence-electron chi connectivity index (χ3n) is 4.14. The number of rotatable bonds is 6. The first-order chi connectivity index (χ1) is 8.91. The number of nitrogens with zero attached hydrogens (tertiary/aromatic N) is 1. The number of nitrogens with one attached hydrogen (secondary N) is 1. The van der Waals surface area contributed by atoms with Gasteiger partial charge in [-0.25, -0.2) is 0 Å². The SMILES string of the molecule is CC(C)[Si](N/N=C/c1ccccc1)(C(C)C)C(C)C. The van der Waals surface area contributed by atoms with Crippen molar-refractivity contribution in [3.8, 4) is 0 Å². The normalized spacial score (nSPS) is 12.9. The standard InChI is InChI=1S/C16H28N2Si/c1-13(2)19(14(3)4,15(5)6)18-17-12-16-10-8-7-9-11-16/h7-15,18H,1-6H3/b17-12+. The van der Waals surface area contributed by atoms with E-state index in [0.29, 0.717) is 16.6 Å². The average Bonchev–Trinajstić information content (AvgIpc) is 2.34. The number of hydrogen-bond acceptors (Lipinski definition) is 2. The topological polar surface area (TPSA) is 24.4 Å². The maximum atomic E-state index is 4.56. The second kappa shape index (κ2) is 6.90. The van der Waals surface area contributed by atoms with Crippen LogP contribution in [0, 0.1) is 0 Å². The van der Waals surface area contributed by atoms with Crippen LogP contribution in [-0.2, 0) is 0 Å². The molecule has 0 aliphatic carbocycles. The van der Waals surface area contributed by atoms with Crippen molar-refractivity contribution < 1.29 is 0 Å². The first-order valence-corrected chi connectivity index (χ1v) is 9.49. The second-order valence-electron chi connectivity index (χ2n) is 6.18. The van der Waals surface area contributed by atoms with Crippen LogP contribution < -0.4 is 5.09 Å². The van der Waals surface area contributed by atoms with Gasteiger partial charge in [-0.05, 0) is 22.2 Å². The second-order valence-corrected chi connectivity index (χ2v) is 11.7. The Kier molecular flexibility index (Phi) is 5.79. The third-order valence-corrected chi connectivity index (χ3v) is 10.4. The number of hydrazone groups is 1. The van der Waals surface area contributed by atoms with Gasteiger partial charge in [-0.2, -0.15) is 5.10 Å². The van der Waals surface area contributed by atoms with Crippen LogP contribution in [0.1, 0.15) is 47.1 Å². The van der Waals surface area contributed by atoms with Gasteiger partial charge in [-0.3, -0.25) is 0 Å². The van der Waals surface area contributed by atoms with Crippen molar-refractivity contribution in [1.82, 2.24) is 5.09 Å². The predicted molar refractivity (Wildman–Crippen MR) is 88.2 cm³/mol. The molecule has 0 aliphatic rings. The largest absolute Gasteiger partial charge is 0.335 e. The molecule has 1 rings (SSSR count). The van der Waals surface area contributed by atoms with Crippen molar-refractivity contribution in [3.05, 3.63) is 35.9 Å². The maximum absolute atomic E-state index is 4.56. The lowest BCUT2D eigenvalue weighted by molar-refractivity contribution is 0.749. The Bertz CT molecular complexity index is 375. The highest BCUT2D eigenvalue weighted by molar-refractivity contribution is 6.81. The highest BCUT2D eigenvalue weighted by Gasteiger charge is 2.43. The molecule has 1 aromatic carbocycles. The van der Waals surface area contributed by atoms with Crippen molar-refractivity contribution in [3.63, 3.8) is 0 Å². The molecule has 0 saturated carbocycles. The summed E-state index contributed by atoms with van der Waals surface area (Å²) >= 11 is 0. The first kappa shape index (κ1) is 16.0. The molecule has 1 N–H and O–H groups in total. The Morgan fingerprint density at radius 3 is 1.79 bits per heavy atom. The molecule has 3 heteroatoms. The van der Waals surface area contributed by atoms with Gasteiger partial charge in [0.15, 0.2) is 8.24 Å². The minimum absolute atomic E-state index is 0.667. The molecule has 0 fully saturated rings. The quantitative estimate of drug-likeness (QED) is 0.451. The van der Waals surface area contributed by atoms with Crippen LogP contribution in [0.5, 0.6) is 0 Å². The molecule has 0 radical (unpaired) electrons. The zero-order chi connectivity index (χ0) is 14.5. The van der Waals surface area contributed by atoms with Crippen LogP contribution in [0.25, 0.3) is 0 Å². The lowest BCUT2D eigenvalue weighted by Crippen LogP contribution is -2.55. The van der Waals surface area contributed by atoms with Gasteiger partial charge >= 0.3 is 0 Å². The van der Waals surface area contributed by atoms with Gasteiger partial charge in [0.05, 0.1) is 6.21 Å². The van der Waals surface area contributed by atoms with Crippen molar-refractivity contribution >= 4 is 14.5 Å². The van der Waals surface area contributed by atoms with Gasteiger partial charge in [0.1, 0.15) is 0 Å². The van der Waals surface area contributed by atoms with E-state index in [1.165, 1.54) is 0 Å². The van der Waals surface area contributed by atoms with E-state index in [2.05, 4.69) is 63.9 Å². The molecule has 0 saturated heterocycles. The molecule has 0 aliphatic heterocycles. The zero-order valence-electron chi connectivity index (χ0n) is 13.1. The summed E-state index contributed by atoms with van der Waals surface area (Å²) in [6.45, 7) is 14.0. The van der Waals surface area contributed by atoms with Gasteiger partial charge in [-0.15, -0.1) is 0 Å². The fourth-order valence-corrected chi connectivity index (χ4v) is 8.21. The lowest BCUT2D eigenvalue weighted by atomic mass is 10.2. The predicted octanol–water partition coefficient (Wildman–Crippen LogP) is 4.79. The van der Waals surface area contributed by atoms with Crippen molar-refractivity contribution in [2.24, 2.45) is 5.10 Å². The molecule has 106 valence electrons. The molecule has 0 aromatic heterocycles. The first-order valence-electron chi connectivity index (χ1n) is 7.26. The Labute approximate surface area is 119 Å². The molecular weight excluding hydrogens is 248 g/mol. The minimum atomic E-state index is -1.63. The fraction of sp³-hybridized carbons (Fsp3) is 0.562. The van der Waals surface area contributed by atoms with Gasteiger partial charge < -0.3 is 5.09 Å². The van der Waals surface area contributed by atoms with Crippen LogP contribution in [0.15, 0.2) is 35.4 Å². The summed E-state index contributed by atoms with van der Waals surface area (Å²) in [5, 5.41) is 8.15. The van der Waals surface area contributed by atoms with E-state index >= 15 is 0 Å². The Morgan fingerprint density at radius 2 is 1.37 bits per heavy atom. The van der Waals surface area contributed by atoms with E-state index in [1.807, 2.05) is 24.4 Å². The summed E-state index contributed by atoms with van der Waals surface area (Å²) in [5.74, 6) is 0. The van der Waals surface area contributed by atoms with Crippen LogP contribution in [0.4, 0.5) is 0 Å². The van der Waals surface area contributed by atoms with E-state index < -0.39 is 8.24 Å². The third kappa shape index (κ3) is 3.69. The summed E-state index contributed by atoms with van der Waals surface area (Å²) in [6, 6.07) is 10.3. The molecule has 0 amide bonds. The molecule has 2 nitrogen and oxygen atoms in total. The Balaban J connectivity index is 2.88. The average molecular weight is 277 g/mol. The summed E-state index contributed by atoms with van der Waals surface area (Å²) < 4.78 is 0. The molecule has 0 atom stereocenters. The zero-order valence-corrected chi connectivity index (χ0v) is 14.1. The van der Waals surface area contributed by atoms with Crippen molar-refractivity contribution in [2.45, 2.75) is 58.2 Å². The van der Waals surface area contributed by atoms with Gasteiger partial charge in [-0.1, -0.05) is 71.9 Å². The van der Waals surface area contributed by atoms with Crippen LogP contribution in [0.3, 0.4) is 0 Å². The smallest absolute Gasteiger partial charge is 0.181 e. The monoisotopic (exact) mass is 276 g/mol. The molecule has 0 spiro atoms. The molecule has 0 unspecified atom stereocenters. The van der Waals surface area contributed by atoms with Crippen LogP contribution in [0.2, 0.25) is 16.6 Å². The summed E-state index contributed by atoms with van der Waals surface area (Å²) in [5.41, 5.74) is 3.15. The van der Waals surface area contributed by atoms with E-state index in [9.17, 15) is 0 Å². The van der Waals surface area contributed by atoms with Gasteiger partial charge in [0.25, 0.3) is 0 Å². The van der Waals surface area contributed by atoms with E-state index in [1.54, 1.807) is 0 Å². The van der Waals surface area contributed by atoms with Crippen molar-refractivity contribution in [1.29, 1.82) is 0 Å². The van der Waals surface area contributed by atoms with E-state index in [4.69, 9.17) is 0 Å². The van der Waals surface area contributed by atoms with Gasteiger partial charge in [0.2, 0.25) is 0 Å². The highest BCUT2D eigenvalue weighted by Crippen LogP contribution is 2.38. The Hall–Kier alpha value is -1.09. The molecular formula is C16H28N2Si. The highest BCUT2D eigenvalue weighted by atomic mass is 28.3. The van der Waals surface area contributed by atoms with Crippen LogP contribution >= 0.6 is 0 Å². The number of benzene rings is 1. The Morgan fingerprint density at radius 1 is 0.895 bits per heavy atom. The summed E-state index contributed by atoms with van der Waals surface area (Å²) in [6.07, 6.45) is 1.94. The number of hydrogen-bond donors (Lipinski definition) is 1. The maximum Gasteiger partial charge on any atom is 0.181 e. The minimum Gasteiger partial charge on any atom is -0.335 e. The molecule has 0 heterocycles.